The maximum absolute atomic E-state index is 4.14. The van der Waals surface area contributed by atoms with Crippen LogP contribution in [0.4, 0.5) is 5.95 Å². The molecule has 0 aromatic carbocycles. The summed E-state index contributed by atoms with van der Waals surface area (Å²) in [5, 5.41) is 3.32. The normalized spacial score (nSPS) is 11.6. The van der Waals surface area contributed by atoms with Gasteiger partial charge in [0.1, 0.15) is 0 Å². The monoisotopic (exact) mass is 195 g/mol. The second-order valence-corrected chi connectivity index (χ2v) is 4.47. The Morgan fingerprint density at radius 3 is 2.36 bits per heavy atom. The van der Waals surface area contributed by atoms with Crippen molar-refractivity contribution in [1.29, 1.82) is 0 Å². The number of aromatic amines is 1. The van der Waals surface area contributed by atoms with Gasteiger partial charge in [-0.1, -0.05) is 27.7 Å². The minimum Gasteiger partial charge on any atom is -0.356 e. The van der Waals surface area contributed by atoms with E-state index in [-0.39, 0.29) is 0 Å². The maximum Gasteiger partial charge on any atom is 0.200 e. The summed E-state index contributed by atoms with van der Waals surface area (Å²) in [4.78, 5) is 7.19. The molecule has 0 aliphatic rings. The summed E-state index contributed by atoms with van der Waals surface area (Å²) in [6, 6.07) is 0. The molecule has 0 bridgehead atoms. The SMILES string of the molecule is CC(C)C(CNc1ncc[nH]1)C(C)C. The number of anilines is 1. The summed E-state index contributed by atoms with van der Waals surface area (Å²) >= 11 is 0. The fourth-order valence-electron chi connectivity index (χ4n) is 1.82. The molecular formula is C11H21N3. The summed E-state index contributed by atoms with van der Waals surface area (Å²) < 4.78 is 0. The number of hydrogen-bond donors (Lipinski definition) is 2. The van der Waals surface area contributed by atoms with E-state index in [1.54, 1.807) is 6.20 Å². The van der Waals surface area contributed by atoms with Crippen molar-refractivity contribution < 1.29 is 0 Å². The minimum atomic E-state index is 0.695. The molecule has 0 fully saturated rings. The van der Waals surface area contributed by atoms with E-state index in [1.807, 2.05) is 6.20 Å². The van der Waals surface area contributed by atoms with Crippen LogP contribution < -0.4 is 5.32 Å². The van der Waals surface area contributed by atoms with Crippen molar-refractivity contribution in [2.75, 3.05) is 11.9 Å². The summed E-state index contributed by atoms with van der Waals surface area (Å²) in [6.07, 6.45) is 3.60. The number of hydrogen-bond acceptors (Lipinski definition) is 2. The van der Waals surface area contributed by atoms with Crippen LogP contribution in [-0.4, -0.2) is 16.5 Å². The molecule has 1 aromatic heterocycles. The van der Waals surface area contributed by atoms with Gasteiger partial charge in [-0.25, -0.2) is 4.98 Å². The molecule has 0 saturated carbocycles. The summed E-state index contributed by atoms with van der Waals surface area (Å²) in [7, 11) is 0. The number of H-pyrrole nitrogens is 1. The van der Waals surface area contributed by atoms with E-state index in [9.17, 15) is 0 Å². The van der Waals surface area contributed by atoms with Crippen LogP contribution in [0.2, 0.25) is 0 Å². The molecule has 0 unspecified atom stereocenters. The van der Waals surface area contributed by atoms with Gasteiger partial charge in [-0.2, -0.15) is 0 Å². The van der Waals surface area contributed by atoms with Gasteiger partial charge in [0.2, 0.25) is 0 Å². The van der Waals surface area contributed by atoms with Crippen molar-refractivity contribution in [3.8, 4) is 0 Å². The molecule has 3 heteroatoms. The first-order valence-electron chi connectivity index (χ1n) is 5.34. The highest BCUT2D eigenvalue weighted by Crippen LogP contribution is 2.20. The first-order valence-corrected chi connectivity index (χ1v) is 5.34. The third-order valence-corrected chi connectivity index (χ3v) is 2.72. The van der Waals surface area contributed by atoms with E-state index < -0.39 is 0 Å². The Bertz CT molecular complexity index is 231. The van der Waals surface area contributed by atoms with Crippen LogP contribution in [0.25, 0.3) is 0 Å². The second-order valence-electron chi connectivity index (χ2n) is 4.47. The Hall–Kier alpha value is -0.990. The molecule has 0 aliphatic carbocycles. The summed E-state index contributed by atoms with van der Waals surface area (Å²) in [5.41, 5.74) is 0. The lowest BCUT2D eigenvalue weighted by molar-refractivity contribution is 0.304. The van der Waals surface area contributed by atoms with Crippen molar-refractivity contribution in [3.63, 3.8) is 0 Å². The van der Waals surface area contributed by atoms with Crippen LogP contribution in [0.3, 0.4) is 0 Å². The molecule has 0 amide bonds. The number of imidazole rings is 1. The molecule has 3 nitrogen and oxygen atoms in total. The molecule has 1 rings (SSSR count). The largest absolute Gasteiger partial charge is 0.356 e. The summed E-state index contributed by atoms with van der Waals surface area (Å²) in [6.45, 7) is 10.1. The van der Waals surface area contributed by atoms with E-state index in [0.29, 0.717) is 17.8 Å². The second kappa shape index (κ2) is 5.03. The quantitative estimate of drug-likeness (QED) is 0.758. The van der Waals surface area contributed by atoms with Crippen molar-refractivity contribution in [3.05, 3.63) is 12.4 Å². The number of aromatic nitrogens is 2. The first-order chi connectivity index (χ1) is 6.61. The van der Waals surface area contributed by atoms with E-state index in [0.717, 1.165) is 12.5 Å². The van der Waals surface area contributed by atoms with Gasteiger partial charge in [0.05, 0.1) is 0 Å². The van der Waals surface area contributed by atoms with Gasteiger partial charge in [0.25, 0.3) is 0 Å². The highest BCUT2D eigenvalue weighted by atomic mass is 15.1. The zero-order valence-electron chi connectivity index (χ0n) is 9.54. The van der Waals surface area contributed by atoms with Gasteiger partial charge in [0, 0.05) is 18.9 Å². The lowest BCUT2D eigenvalue weighted by Gasteiger charge is -2.24. The van der Waals surface area contributed by atoms with Crippen LogP contribution in [0.15, 0.2) is 12.4 Å². The van der Waals surface area contributed by atoms with Crippen LogP contribution in [0.5, 0.6) is 0 Å². The van der Waals surface area contributed by atoms with Crippen molar-refractivity contribution in [2.45, 2.75) is 27.7 Å². The molecule has 2 N–H and O–H groups in total. The standard InChI is InChI=1S/C11H21N3/c1-8(2)10(9(3)4)7-14-11-12-5-6-13-11/h5-6,8-10H,7H2,1-4H3,(H2,12,13,14). The predicted molar refractivity (Wildman–Crippen MR) is 60.2 cm³/mol. The number of nitrogens with zero attached hydrogens (tertiary/aromatic N) is 1. The summed E-state index contributed by atoms with van der Waals surface area (Å²) in [5.74, 6) is 2.98. The number of rotatable bonds is 5. The van der Waals surface area contributed by atoms with Gasteiger partial charge in [-0.15, -0.1) is 0 Å². The van der Waals surface area contributed by atoms with Gasteiger partial charge in [-0.05, 0) is 17.8 Å². The minimum absolute atomic E-state index is 0.695. The zero-order valence-corrected chi connectivity index (χ0v) is 9.54. The van der Waals surface area contributed by atoms with Crippen molar-refractivity contribution in [1.82, 2.24) is 9.97 Å². The molecule has 80 valence electrons. The Morgan fingerprint density at radius 1 is 1.29 bits per heavy atom. The van der Waals surface area contributed by atoms with Gasteiger partial charge in [0.15, 0.2) is 5.95 Å². The molecular weight excluding hydrogens is 174 g/mol. The molecule has 14 heavy (non-hydrogen) atoms. The Kier molecular flexibility index (Phi) is 3.98. The van der Waals surface area contributed by atoms with Crippen LogP contribution in [0.1, 0.15) is 27.7 Å². The van der Waals surface area contributed by atoms with Crippen LogP contribution in [-0.2, 0) is 0 Å². The molecule has 0 aliphatic heterocycles. The van der Waals surface area contributed by atoms with Crippen molar-refractivity contribution >= 4 is 5.95 Å². The predicted octanol–water partition coefficient (Wildman–Crippen LogP) is 2.75. The number of nitrogens with one attached hydrogen (secondary N) is 2. The van der Waals surface area contributed by atoms with Crippen LogP contribution in [0, 0.1) is 17.8 Å². The lowest BCUT2D eigenvalue weighted by atomic mass is 9.85. The van der Waals surface area contributed by atoms with E-state index in [1.165, 1.54) is 0 Å². The Balaban J connectivity index is 2.41. The topological polar surface area (TPSA) is 40.7 Å². The molecule has 0 radical (unpaired) electrons. The molecule has 1 heterocycles. The van der Waals surface area contributed by atoms with Gasteiger partial charge >= 0.3 is 0 Å². The van der Waals surface area contributed by atoms with E-state index in [4.69, 9.17) is 0 Å². The average molecular weight is 195 g/mol. The third kappa shape index (κ3) is 3.05. The average Bonchev–Trinajstić information content (AvgIpc) is 2.55. The lowest BCUT2D eigenvalue weighted by Crippen LogP contribution is -2.24. The van der Waals surface area contributed by atoms with Gasteiger partial charge in [-0.3, -0.25) is 0 Å². The fourth-order valence-corrected chi connectivity index (χ4v) is 1.82. The fraction of sp³-hybridized carbons (Fsp3) is 0.727. The van der Waals surface area contributed by atoms with Crippen LogP contribution >= 0.6 is 0 Å². The molecule has 0 saturated heterocycles. The van der Waals surface area contributed by atoms with Crippen molar-refractivity contribution in [2.24, 2.45) is 17.8 Å². The third-order valence-electron chi connectivity index (χ3n) is 2.72. The first kappa shape index (κ1) is 11.1. The van der Waals surface area contributed by atoms with E-state index >= 15 is 0 Å². The highest BCUT2D eigenvalue weighted by Gasteiger charge is 2.17. The van der Waals surface area contributed by atoms with E-state index in [2.05, 4.69) is 43.0 Å². The Morgan fingerprint density at radius 2 is 1.93 bits per heavy atom. The van der Waals surface area contributed by atoms with Gasteiger partial charge < -0.3 is 10.3 Å². The maximum atomic E-state index is 4.14. The molecule has 1 aromatic rings. The highest BCUT2D eigenvalue weighted by molar-refractivity contribution is 5.22. The zero-order chi connectivity index (χ0) is 10.6. The smallest absolute Gasteiger partial charge is 0.200 e. The molecule has 0 spiro atoms. The molecule has 0 atom stereocenters. The Labute approximate surface area is 86.3 Å².